The number of hydrogen-bond acceptors (Lipinski definition) is 5. The van der Waals surface area contributed by atoms with Gasteiger partial charge in [0, 0.05) is 17.5 Å². The summed E-state index contributed by atoms with van der Waals surface area (Å²) < 4.78 is 0. The molecule has 0 saturated heterocycles. The van der Waals surface area contributed by atoms with Crippen LogP contribution in [0, 0.1) is 0 Å². The zero-order valence-electron chi connectivity index (χ0n) is 14.6. The summed E-state index contributed by atoms with van der Waals surface area (Å²) in [6.07, 6.45) is 0. The topological polar surface area (TPSA) is 86.9 Å². The Kier molecular flexibility index (Phi) is 5.60. The number of carbonyl (C=O) groups is 1. The summed E-state index contributed by atoms with van der Waals surface area (Å²) in [6, 6.07) is 12.8. The van der Waals surface area contributed by atoms with E-state index in [-0.39, 0.29) is 23.2 Å². The molecule has 7 heteroatoms. The zero-order chi connectivity index (χ0) is 18.5. The van der Waals surface area contributed by atoms with Gasteiger partial charge >= 0.3 is 0 Å². The van der Waals surface area contributed by atoms with E-state index < -0.39 is 0 Å². The number of benzene rings is 1. The first-order valence-electron chi connectivity index (χ1n) is 8.26. The van der Waals surface area contributed by atoms with Gasteiger partial charge in [-0.1, -0.05) is 18.2 Å². The molecule has 3 rings (SSSR count). The third-order valence-corrected chi connectivity index (χ3v) is 4.96. The van der Waals surface area contributed by atoms with Gasteiger partial charge in [-0.3, -0.25) is 9.59 Å². The highest BCUT2D eigenvalue weighted by Gasteiger charge is 2.14. The van der Waals surface area contributed by atoms with E-state index in [0.29, 0.717) is 0 Å². The molecular weight excluding hydrogens is 348 g/mol. The molecule has 0 radical (unpaired) electrons. The molecule has 2 aromatic heterocycles. The molecule has 26 heavy (non-hydrogen) atoms. The molecule has 134 valence electrons. The van der Waals surface area contributed by atoms with E-state index >= 15 is 0 Å². The van der Waals surface area contributed by atoms with Gasteiger partial charge in [-0.25, -0.2) is 5.10 Å². The monoisotopic (exact) mass is 368 g/mol. The molecule has 0 unspecified atom stereocenters. The Morgan fingerprint density at radius 1 is 1.27 bits per heavy atom. The van der Waals surface area contributed by atoms with Crippen LogP contribution in [0.15, 0.2) is 52.6 Å². The predicted octanol–water partition coefficient (Wildman–Crippen LogP) is 2.71. The molecule has 1 amide bonds. The van der Waals surface area contributed by atoms with Crippen molar-refractivity contribution < 1.29 is 4.79 Å². The van der Waals surface area contributed by atoms with Crippen molar-refractivity contribution >= 4 is 17.2 Å². The molecule has 0 saturated carbocycles. The maximum atomic E-state index is 12.3. The van der Waals surface area contributed by atoms with E-state index in [9.17, 15) is 9.59 Å². The third kappa shape index (κ3) is 4.07. The molecule has 3 aromatic rings. The second kappa shape index (κ2) is 8.07. The average molecular weight is 368 g/mol. The number of hydrogen-bond donors (Lipinski definition) is 3. The van der Waals surface area contributed by atoms with Crippen LogP contribution in [0.2, 0.25) is 0 Å². The standard InChI is InChI=1S/C19H20N4O2S/c1-12(21-19(25)16-6-7-18(24)23-22-16)13-4-3-5-14(10-13)15-8-9-26-17(15)11-20-2/h3-10,12,20H,11H2,1-2H3,(H,21,25)(H,23,24)/t12-/m1/s1. The maximum Gasteiger partial charge on any atom is 0.272 e. The van der Waals surface area contributed by atoms with Crippen LogP contribution in [-0.4, -0.2) is 23.2 Å². The van der Waals surface area contributed by atoms with Crippen molar-refractivity contribution in [1.82, 2.24) is 20.8 Å². The van der Waals surface area contributed by atoms with Crippen molar-refractivity contribution in [3.63, 3.8) is 0 Å². The first-order valence-corrected chi connectivity index (χ1v) is 9.14. The molecule has 0 bridgehead atoms. The van der Waals surface area contributed by atoms with Crippen molar-refractivity contribution in [2.75, 3.05) is 7.05 Å². The Morgan fingerprint density at radius 3 is 2.85 bits per heavy atom. The normalized spacial score (nSPS) is 11.9. The highest BCUT2D eigenvalue weighted by atomic mass is 32.1. The van der Waals surface area contributed by atoms with Gasteiger partial charge in [0.1, 0.15) is 5.69 Å². The summed E-state index contributed by atoms with van der Waals surface area (Å²) in [7, 11) is 1.93. The highest BCUT2D eigenvalue weighted by molar-refractivity contribution is 7.10. The van der Waals surface area contributed by atoms with E-state index in [1.807, 2.05) is 26.1 Å². The molecule has 2 heterocycles. The minimum absolute atomic E-state index is 0.182. The van der Waals surface area contributed by atoms with Crippen molar-refractivity contribution in [2.45, 2.75) is 19.5 Å². The predicted molar refractivity (Wildman–Crippen MR) is 103 cm³/mol. The summed E-state index contributed by atoms with van der Waals surface area (Å²) in [6.45, 7) is 2.74. The molecule has 1 atom stereocenters. The second-order valence-electron chi connectivity index (χ2n) is 5.91. The van der Waals surface area contributed by atoms with E-state index in [1.54, 1.807) is 11.3 Å². The Hall–Kier alpha value is -2.77. The summed E-state index contributed by atoms with van der Waals surface area (Å²) in [5, 5.41) is 14.2. The van der Waals surface area contributed by atoms with Crippen molar-refractivity contribution in [1.29, 1.82) is 0 Å². The van der Waals surface area contributed by atoms with E-state index in [4.69, 9.17) is 0 Å². The SMILES string of the molecule is CNCc1sccc1-c1cccc([C@@H](C)NC(=O)c2ccc(=O)[nH]n2)c1. The van der Waals surface area contributed by atoms with Gasteiger partial charge in [-0.05, 0) is 54.2 Å². The third-order valence-electron chi connectivity index (χ3n) is 4.04. The van der Waals surface area contributed by atoms with Gasteiger partial charge < -0.3 is 10.6 Å². The lowest BCUT2D eigenvalue weighted by Crippen LogP contribution is -2.28. The highest BCUT2D eigenvalue weighted by Crippen LogP contribution is 2.30. The van der Waals surface area contributed by atoms with Gasteiger partial charge in [0.05, 0.1) is 6.04 Å². The van der Waals surface area contributed by atoms with Crippen LogP contribution in [0.1, 0.15) is 33.9 Å². The first kappa shape index (κ1) is 18.0. The number of aromatic amines is 1. The number of nitrogens with zero attached hydrogens (tertiary/aromatic N) is 1. The largest absolute Gasteiger partial charge is 0.344 e. The van der Waals surface area contributed by atoms with Crippen LogP contribution in [0.5, 0.6) is 0 Å². The van der Waals surface area contributed by atoms with Gasteiger partial charge in [0.15, 0.2) is 0 Å². The van der Waals surface area contributed by atoms with E-state index in [0.717, 1.165) is 17.7 Å². The van der Waals surface area contributed by atoms with Gasteiger partial charge in [0.2, 0.25) is 0 Å². The van der Waals surface area contributed by atoms with Crippen molar-refractivity contribution in [2.24, 2.45) is 0 Å². The van der Waals surface area contributed by atoms with Gasteiger partial charge in [-0.15, -0.1) is 11.3 Å². The van der Waals surface area contributed by atoms with E-state index in [2.05, 4.69) is 44.4 Å². The fourth-order valence-electron chi connectivity index (χ4n) is 2.70. The maximum absolute atomic E-state index is 12.3. The molecular formula is C19H20N4O2S. The lowest BCUT2D eigenvalue weighted by atomic mass is 10.0. The summed E-state index contributed by atoms with van der Waals surface area (Å²) in [5.74, 6) is -0.328. The minimum Gasteiger partial charge on any atom is -0.344 e. The van der Waals surface area contributed by atoms with Crippen molar-refractivity contribution in [3.05, 3.63) is 74.3 Å². The smallest absolute Gasteiger partial charge is 0.272 e. The lowest BCUT2D eigenvalue weighted by Gasteiger charge is -2.15. The van der Waals surface area contributed by atoms with Crippen LogP contribution in [0.3, 0.4) is 0 Å². The van der Waals surface area contributed by atoms with Crippen LogP contribution < -0.4 is 16.2 Å². The lowest BCUT2D eigenvalue weighted by molar-refractivity contribution is 0.0933. The van der Waals surface area contributed by atoms with E-state index in [1.165, 1.54) is 22.6 Å². The van der Waals surface area contributed by atoms with Crippen LogP contribution in [0.25, 0.3) is 11.1 Å². The number of H-pyrrole nitrogens is 1. The summed E-state index contributed by atoms with van der Waals surface area (Å²) in [4.78, 5) is 24.6. The minimum atomic E-state index is -0.338. The molecule has 0 aliphatic heterocycles. The van der Waals surface area contributed by atoms with Crippen molar-refractivity contribution in [3.8, 4) is 11.1 Å². The molecule has 6 nitrogen and oxygen atoms in total. The van der Waals surface area contributed by atoms with Gasteiger partial charge in [-0.2, -0.15) is 5.10 Å². The average Bonchev–Trinajstić information content (AvgIpc) is 3.11. The number of rotatable bonds is 6. The number of thiophene rings is 1. The van der Waals surface area contributed by atoms with Crippen LogP contribution in [-0.2, 0) is 6.54 Å². The fraction of sp³-hybridized carbons (Fsp3) is 0.211. The summed E-state index contributed by atoms with van der Waals surface area (Å²) in [5.41, 5.74) is 3.17. The Balaban J connectivity index is 1.78. The molecule has 0 fully saturated rings. The zero-order valence-corrected chi connectivity index (χ0v) is 15.4. The molecule has 0 aliphatic rings. The van der Waals surface area contributed by atoms with Crippen LogP contribution in [0.4, 0.5) is 0 Å². The molecule has 1 aromatic carbocycles. The Morgan fingerprint density at radius 2 is 2.12 bits per heavy atom. The Labute approximate surface area is 155 Å². The first-order chi connectivity index (χ1) is 12.6. The van der Waals surface area contributed by atoms with Crippen LogP contribution >= 0.6 is 11.3 Å². The molecule has 3 N–H and O–H groups in total. The quantitative estimate of drug-likeness (QED) is 0.624. The van der Waals surface area contributed by atoms with Gasteiger partial charge in [0.25, 0.3) is 11.5 Å². The number of carbonyl (C=O) groups excluding carboxylic acids is 1. The molecule has 0 spiro atoms. The number of nitrogens with one attached hydrogen (secondary N) is 3. The summed E-state index contributed by atoms with van der Waals surface area (Å²) >= 11 is 1.72. The number of aromatic nitrogens is 2. The molecule has 0 aliphatic carbocycles. The fourth-order valence-corrected chi connectivity index (χ4v) is 3.60. The Bertz CT molecular complexity index is 943. The second-order valence-corrected chi connectivity index (χ2v) is 6.92. The number of amides is 1.